The zero-order valence-corrected chi connectivity index (χ0v) is 17.8. The Labute approximate surface area is 174 Å². The van der Waals surface area contributed by atoms with Crippen molar-refractivity contribution in [3.63, 3.8) is 0 Å². The first-order valence-corrected chi connectivity index (χ1v) is 10.4. The summed E-state index contributed by atoms with van der Waals surface area (Å²) in [6, 6.07) is 7.05. The van der Waals surface area contributed by atoms with Gasteiger partial charge < -0.3 is 19.5 Å². The Hall–Kier alpha value is -2.58. The first-order valence-electron chi connectivity index (χ1n) is 9.57. The summed E-state index contributed by atoms with van der Waals surface area (Å²) in [7, 11) is 2.93. The quantitative estimate of drug-likeness (QED) is 0.663. The van der Waals surface area contributed by atoms with Crippen LogP contribution in [0, 0.1) is 0 Å². The topological polar surface area (TPSA) is 77.1 Å². The predicted octanol–water partition coefficient (Wildman–Crippen LogP) is 3.33. The summed E-state index contributed by atoms with van der Waals surface area (Å²) in [5.74, 6) is 0.435. The highest BCUT2D eigenvalue weighted by Gasteiger charge is 2.29. The summed E-state index contributed by atoms with van der Waals surface area (Å²) >= 11 is 1.44. The van der Waals surface area contributed by atoms with E-state index in [-0.39, 0.29) is 12.5 Å². The van der Waals surface area contributed by atoms with Crippen molar-refractivity contribution >= 4 is 28.2 Å². The molecule has 1 aromatic heterocycles. The standard InChI is InChI=1S/C21H26N2O5S/c1-4-9-23-10-8-16-17(12-23)29-20(19(16)21(25)27-3)22-18(24)13-28-15-7-5-6-14(11-15)26-2/h5-7,11H,4,8-10,12-13H2,1-3H3,(H,22,24). The highest BCUT2D eigenvalue weighted by atomic mass is 32.1. The fourth-order valence-corrected chi connectivity index (χ4v) is 4.67. The zero-order chi connectivity index (χ0) is 20.8. The van der Waals surface area contributed by atoms with Crippen LogP contribution >= 0.6 is 11.3 Å². The van der Waals surface area contributed by atoms with E-state index in [1.807, 2.05) is 0 Å². The number of fused-ring (bicyclic) bond motifs is 1. The van der Waals surface area contributed by atoms with Crippen LogP contribution in [0.5, 0.6) is 11.5 Å². The van der Waals surface area contributed by atoms with E-state index in [0.29, 0.717) is 22.1 Å². The Morgan fingerprint density at radius 1 is 1.24 bits per heavy atom. The maximum atomic E-state index is 12.5. The first kappa shape index (κ1) is 21.1. The molecular formula is C21H26N2O5S. The third-order valence-corrected chi connectivity index (χ3v) is 5.86. The first-order chi connectivity index (χ1) is 14.0. The fraction of sp³-hybridized carbons (Fsp3) is 0.429. The number of methoxy groups -OCH3 is 2. The van der Waals surface area contributed by atoms with Gasteiger partial charge in [0.1, 0.15) is 16.5 Å². The van der Waals surface area contributed by atoms with Gasteiger partial charge in [-0.15, -0.1) is 11.3 Å². The monoisotopic (exact) mass is 418 g/mol. The largest absolute Gasteiger partial charge is 0.497 e. The van der Waals surface area contributed by atoms with E-state index < -0.39 is 5.97 Å². The number of hydrogen-bond acceptors (Lipinski definition) is 7. The summed E-state index contributed by atoms with van der Waals surface area (Å²) in [6.07, 6.45) is 1.85. The van der Waals surface area contributed by atoms with Crippen molar-refractivity contribution in [3.8, 4) is 11.5 Å². The summed E-state index contributed by atoms with van der Waals surface area (Å²) in [4.78, 5) is 28.3. The van der Waals surface area contributed by atoms with Crippen molar-refractivity contribution in [1.82, 2.24) is 4.90 Å². The highest BCUT2D eigenvalue weighted by molar-refractivity contribution is 7.17. The third-order valence-electron chi connectivity index (χ3n) is 4.73. The molecule has 1 amide bonds. The van der Waals surface area contributed by atoms with E-state index in [1.54, 1.807) is 31.4 Å². The molecule has 0 radical (unpaired) electrons. The Morgan fingerprint density at radius 2 is 2.03 bits per heavy atom. The van der Waals surface area contributed by atoms with Crippen LogP contribution in [0.25, 0.3) is 0 Å². The molecule has 0 spiro atoms. The smallest absolute Gasteiger partial charge is 0.341 e. The van der Waals surface area contributed by atoms with E-state index >= 15 is 0 Å². The molecule has 0 saturated heterocycles. The molecule has 0 saturated carbocycles. The van der Waals surface area contributed by atoms with Crippen LogP contribution in [0.3, 0.4) is 0 Å². The van der Waals surface area contributed by atoms with E-state index in [2.05, 4.69) is 17.1 Å². The molecule has 156 valence electrons. The van der Waals surface area contributed by atoms with Gasteiger partial charge in [0.05, 0.1) is 19.8 Å². The number of anilines is 1. The van der Waals surface area contributed by atoms with E-state index in [9.17, 15) is 9.59 Å². The molecule has 1 aromatic carbocycles. The number of nitrogens with one attached hydrogen (secondary N) is 1. The van der Waals surface area contributed by atoms with Gasteiger partial charge in [0.2, 0.25) is 0 Å². The number of carbonyl (C=O) groups is 2. The van der Waals surface area contributed by atoms with Gasteiger partial charge in [0.25, 0.3) is 5.91 Å². The molecule has 0 bridgehead atoms. The van der Waals surface area contributed by atoms with E-state index in [4.69, 9.17) is 14.2 Å². The average Bonchev–Trinajstić information content (AvgIpc) is 3.09. The van der Waals surface area contributed by atoms with Crippen LogP contribution in [0.15, 0.2) is 24.3 Å². The average molecular weight is 419 g/mol. The van der Waals surface area contributed by atoms with Gasteiger partial charge in [-0.25, -0.2) is 4.79 Å². The number of nitrogens with zero attached hydrogens (tertiary/aromatic N) is 1. The van der Waals surface area contributed by atoms with Gasteiger partial charge in [0, 0.05) is 24.0 Å². The predicted molar refractivity (Wildman–Crippen MR) is 112 cm³/mol. The van der Waals surface area contributed by atoms with Gasteiger partial charge >= 0.3 is 5.97 Å². The lowest BCUT2D eigenvalue weighted by molar-refractivity contribution is -0.118. The van der Waals surface area contributed by atoms with Crippen LogP contribution in [-0.2, 0) is 22.5 Å². The minimum absolute atomic E-state index is 0.168. The normalized spacial score (nSPS) is 13.5. The fourth-order valence-electron chi connectivity index (χ4n) is 3.37. The van der Waals surface area contributed by atoms with Crippen molar-refractivity contribution in [2.75, 3.05) is 39.2 Å². The van der Waals surface area contributed by atoms with Crippen LogP contribution in [0.1, 0.15) is 34.1 Å². The number of esters is 1. The van der Waals surface area contributed by atoms with Crippen LogP contribution in [0.4, 0.5) is 5.00 Å². The molecule has 0 fully saturated rings. The molecular weight excluding hydrogens is 392 g/mol. The molecule has 2 aromatic rings. The molecule has 8 heteroatoms. The molecule has 29 heavy (non-hydrogen) atoms. The van der Waals surface area contributed by atoms with Gasteiger partial charge in [0.15, 0.2) is 6.61 Å². The molecule has 3 rings (SSSR count). The Morgan fingerprint density at radius 3 is 2.76 bits per heavy atom. The zero-order valence-electron chi connectivity index (χ0n) is 16.9. The number of amides is 1. The second kappa shape index (κ2) is 9.76. The number of rotatable bonds is 8. The Bertz CT molecular complexity index is 880. The second-order valence-electron chi connectivity index (χ2n) is 6.74. The molecule has 1 N–H and O–H groups in total. The molecule has 0 atom stereocenters. The van der Waals surface area contributed by atoms with Crippen LogP contribution in [0.2, 0.25) is 0 Å². The maximum absolute atomic E-state index is 12.5. The van der Waals surface area contributed by atoms with Crippen LogP contribution < -0.4 is 14.8 Å². The summed E-state index contributed by atoms with van der Waals surface area (Å²) < 4.78 is 15.7. The minimum atomic E-state index is -0.421. The maximum Gasteiger partial charge on any atom is 0.341 e. The second-order valence-corrected chi connectivity index (χ2v) is 7.85. The van der Waals surface area contributed by atoms with Gasteiger partial charge in [-0.2, -0.15) is 0 Å². The summed E-state index contributed by atoms with van der Waals surface area (Å²) in [5.41, 5.74) is 1.46. The van der Waals surface area contributed by atoms with Crippen molar-refractivity contribution in [2.24, 2.45) is 0 Å². The highest BCUT2D eigenvalue weighted by Crippen LogP contribution is 2.37. The molecule has 7 nitrogen and oxygen atoms in total. The van der Waals surface area contributed by atoms with Gasteiger partial charge in [-0.3, -0.25) is 9.69 Å². The third kappa shape index (κ3) is 5.07. The van der Waals surface area contributed by atoms with Crippen molar-refractivity contribution in [3.05, 3.63) is 40.3 Å². The lowest BCUT2D eigenvalue weighted by Crippen LogP contribution is -2.30. The number of carbonyl (C=O) groups excluding carboxylic acids is 2. The lowest BCUT2D eigenvalue weighted by atomic mass is 10.0. The molecule has 1 aliphatic rings. The number of thiophene rings is 1. The number of hydrogen-bond donors (Lipinski definition) is 1. The summed E-state index contributed by atoms with van der Waals surface area (Å²) in [5, 5.41) is 3.36. The van der Waals surface area contributed by atoms with Crippen LogP contribution in [-0.4, -0.2) is 50.7 Å². The van der Waals surface area contributed by atoms with Gasteiger partial charge in [-0.05, 0) is 37.1 Å². The summed E-state index contributed by atoms with van der Waals surface area (Å²) in [6.45, 7) is 4.68. The SMILES string of the molecule is CCCN1CCc2c(sc(NC(=O)COc3cccc(OC)c3)c2C(=O)OC)C1. The number of benzene rings is 1. The molecule has 0 unspecified atom stereocenters. The molecule has 2 heterocycles. The van der Waals surface area contributed by atoms with Crippen molar-refractivity contribution in [2.45, 2.75) is 26.3 Å². The van der Waals surface area contributed by atoms with Crippen molar-refractivity contribution < 1.29 is 23.8 Å². The van der Waals surface area contributed by atoms with E-state index in [1.165, 1.54) is 18.4 Å². The Kier molecular flexibility index (Phi) is 7.11. The number of ether oxygens (including phenoxy) is 3. The molecule has 0 aliphatic carbocycles. The van der Waals surface area contributed by atoms with E-state index in [0.717, 1.165) is 42.9 Å². The van der Waals surface area contributed by atoms with Crippen molar-refractivity contribution in [1.29, 1.82) is 0 Å². The molecule has 1 aliphatic heterocycles. The van der Waals surface area contributed by atoms with Gasteiger partial charge in [-0.1, -0.05) is 13.0 Å². The minimum Gasteiger partial charge on any atom is -0.497 e. The lowest BCUT2D eigenvalue weighted by Gasteiger charge is -2.26. The Balaban J connectivity index is 1.72.